The number of carbonyl (C=O) groups excluding carboxylic acids is 1. The number of hydrogen-bond donors (Lipinski definition) is 1. The Labute approximate surface area is 240 Å². The SMILES string of the molecule is COc1ccc([C@@H]2C(C(=O)Nc3ccccc3)=C(C)N=c3s/c(=C/c4ccc(OC)c(OC)c4OC)c(=O)n32)cc1. The van der Waals surface area contributed by atoms with Gasteiger partial charge in [0.25, 0.3) is 11.5 Å². The molecular weight excluding hydrogens is 542 g/mol. The monoisotopic (exact) mass is 571 g/mol. The van der Waals surface area contributed by atoms with Crippen molar-refractivity contribution in [3.8, 4) is 23.0 Å². The average Bonchev–Trinajstić information content (AvgIpc) is 3.30. The summed E-state index contributed by atoms with van der Waals surface area (Å²) in [5, 5.41) is 2.96. The second-order valence-corrected chi connectivity index (χ2v) is 10.1. The molecule has 0 bridgehead atoms. The second kappa shape index (κ2) is 11.7. The van der Waals surface area contributed by atoms with Gasteiger partial charge in [-0.15, -0.1) is 0 Å². The Kier molecular flexibility index (Phi) is 7.93. The van der Waals surface area contributed by atoms with Crippen LogP contribution in [0, 0.1) is 0 Å². The van der Waals surface area contributed by atoms with Crippen LogP contribution < -0.4 is 39.2 Å². The van der Waals surface area contributed by atoms with Crippen LogP contribution in [-0.2, 0) is 4.79 Å². The molecule has 1 aromatic heterocycles. The molecule has 10 heteroatoms. The molecule has 1 aliphatic heterocycles. The van der Waals surface area contributed by atoms with Gasteiger partial charge in [0, 0.05) is 11.3 Å². The molecule has 1 N–H and O–H groups in total. The molecule has 1 aliphatic rings. The summed E-state index contributed by atoms with van der Waals surface area (Å²) in [7, 11) is 6.18. The molecule has 0 saturated carbocycles. The van der Waals surface area contributed by atoms with Crippen molar-refractivity contribution in [2.75, 3.05) is 33.8 Å². The number of rotatable bonds is 8. The Morgan fingerprint density at radius 3 is 2.24 bits per heavy atom. The molecule has 0 spiro atoms. The average molecular weight is 572 g/mol. The zero-order valence-corrected chi connectivity index (χ0v) is 24.1. The topological polar surface area (TPSA) is 100 Å². The molecule has 210 valence electrons. The highest BCUT2D eigenvalue weighted by atomic mass is 32.1. The van der Waals surface area contributed by atoms with Gasteiger partial charge in [-0.2, -0.15) is 0 Å². The largest absolute Gasteiger partial charge is 0.497 e. The lowest BCUT2D eigenvalue weighted by atomic mass is 9.95. The number of nitrogens with zero attached hydrogens (tertiary/aromatic N) is 2. The first-order chi connectivity index (χ1) is 19.9. The number of carbonyl (C=O) groups is 1. The van der Waals surface area contributed by atoms with E-state index in [1.165, 1.54) is 25.6 Å². The van der Waals surface area contributed by atoms with Gasteiger partial charge in [-0.1, -0.05) is 41.7 Å². The molecule has 0 fully saturated rings. The Morgan fingerprint density at radius 1 is 0.902 bits per heavy atom. The number of aromatic nitrogens is 1. The van der Waals surface area contributed by atoms with E-state index in [-0.39, 0.29) is 11.5 Å². The van der Waals surface area contributed by atoms with Gasteiger partial charge < -0.3 is 24.3 Å². The zero-order valence-electron chi connectivity index (χ0n) is 23.3. The molecule has 9 nitrogen and oxygen atoms in total. The minimum atomic E-state index is -0.713. The minimum absolute atomic E-state index is 0.288. The van der Waals surface area contributed by atoms with Crippen LogP contribution in [-0.4, -0.2) is 38.9 Å². The highest BCUT2D eigenvalue weighted by molar-refractivity contribution is 7.07. The maximum Gasteiger partial charge on any atom is 0.271 e. The quantitative estimate of drug-likeness (QED) is 0.344. The van der Waals surface area contributed by atoms with Crippen LogP contribution >= 0.6 is 11.3 Å². The first-order valence-corrected chi connectivity index (χ1v) is 13.5. The fraction of sp³-hybridized carbons (Fsp3) is 0.194. The fourth-order valence-electron chi connectivity index (χ4n) is 4.81. The number of fused-ring (bicyclic) bond motifs is 1. The summed E-state index contributed by atoms with van der Waals surface area (Å²) in [6, 6.07) is 19.3. The molecule has 1 amide bonds. The highest BCUT2D eigenvalue weighted by Crippen LogP contribution is 2.40. The summed E-state index contributed by atoms with van der Waals surface area (Å²) in [6.45, 7) is 1.78. The lowest BCUT2D eigenvalue weighted by molar-refractivity contribution is -0.113. The molecule has 2 heterocycles. The maximum absolute atomic E-state index is 14.0. The molecular formula is C31H29N3O6S. The minimum Gasteiger partial charge on any atom is -0.497 e. The van der Waals surface area contributed by atoms with Gasteiger partial charge >= 0.3 is 0 Å². The normalized spacial score (nSPS) is 14.7. The number of anilines is 1. The van der Waals surface area contributed by atoms with E-state index in [1.54, 1.807) is 43.9 Å². The van der Waals surface area contributed by atoms with Crippen molar-refractivity contribution in [2.45, 2.75) is 13.0 Å². The molecule has 0 saturated heterocycles. The second-order valence-electron chi connectivity index (χ2n) is 9.10. The van der Waals surface area contributed by atoms with Gasteiger partial charge in [0.15, 0.2) is 16.3 Å². The summed E-state index contributed by atoms with van der Waals surface area (Å²) in [5.41, 5.74) is 2.63. The third-order valence-corrected chi connectivity index (χ3v) is 7.73. The number of benzene rings is 3. The predicted octanol–water partition coefficient (Wildman–Crippen LogP) is 3.91. The van der Waals surface area contributed by atoms with E-state index in [2.05, 4.69) is 5.32 Å². The predicted molar refractivity (Wildman–Crippen MR) is 158 cm³/mol. The Morgan fingerprint density at radius 2 is 1.61 bits per heavy atom. The van der Waals surface area contributed by atoms with Crippen LogP contribution in [0.15, 0.2) is 87.8 Å². The molecule has 4 aromatic rings. The van der Waals surface area contributed by atoms with E-state index in [9.17, 15) is 9.59 Å². The summed E-state index contributed by atoms with van der Waals surface area (Å²) in [5.74, 6) is 1.69. The molecule has 1 atom stereocenters. The number of ether oxygens (including phenoxy) is 4. The number of nitrogens with one attached hydrogen (secondary N) is 1. The number of amides is 1. The first-order valence-electron chi connectivity index (χ1n) is 12.7. The summed E-state index contributed by atoms with van der Waals surface area (Å²) < 4.78 is 23.9. The number of para-hydroxylation sites is 1. The number of hydrogen-bond acceptors (Lipinski definition) is 8. The molecule has 0 unspecified atom stereocenters. The van der Waals surface area contributed by atoms with E-state index in [4.69, 9.17) is 23.9 Å². The van der Waals surface area contributed by atoms with Gasteiger partial charge in [0.1, 0.15) is 5.75 Å². The lowest BCUT2D eigenvalue weighted by Gasteiger charge is -2.25. The third-order valence-electron chi connectivity index (χ3n) is 6.75. The maximum atomic E-state index is 14.0. The van der Waals surface area contributed by atoms with E-state index >= 15 is 0 Å². The van der Waals surface area contributed by atoms with Gasteiger partial charge in [-0.05, 0) is 55.0 Å². The molecule has 5 rings (SSSR count). The highest BCUT2D eigenvalue weighted by Gasteiger charge is 2.32. The third kappa shape index (κ3) is 5.21. The lowest BCUT2D eigenvalue weighted by Crippen LogP contribution is -2.40. The number of methoxy groups -OCH3 is 4. The first kappa shape index (κ1) is 27.7. The summed E-state index contributed by atoms with van der Waals surface area (Å²) in [4.78, 5) is 32.9. The van der Waals surface area contributed by atoms with Crippen LogP contribution in [0.1, 0.15) is 24.1 Å². The standard InChI is InChI=1S/C31H29N3O6S/c1-18-25(29(35)33-21-9-7-6-8-10-21)26(19-11-14-22(37-2)15-12-19)34-30(36)24(41-31(34)32-18)17-20-13-16-23(38-3)28(40-5)27(20)39-4/h6-17,26H,1-5H3,(H,33,35)/b24-17+/t26-/m1/s1. The molecule has 3 aromatic carbocycles. The van der Waals surface area contributed by atoms with Crippen molar-refractivity contribution in [3.05, 3.63) is 109 Å². The van der Waals surface area contributed by atoms with Crippen LogP contribution in [0.3, 0.4) is 0 Å². The summed E-state index contributed by atoms with van der Waals surface area (Å²) in [6.07, 6.45) is 1.73. The van der Waals surface area contributed by atoms with E-state index in [0.717, 1.165) is 5.56 Å². The molecule has 0 aliphatic carbocycles. The van der Waals surface area contributed by atoms with E-state index in [0.29, 0.717) is 54.9 Å². The van der Waals surface area contributed by atoms with Gasteiger partial charge in [-0.25, -0.2) is 4.99 Å². The Bertz CT molecular complexity index is 1810. The zero-order chi connectivity index (χ0) is 29.1. The van der Waals surface area contributed by atoms with E-state index in [1.807, 2.05) is 54.6 Å². The van der Waals surface area contributed by atoms with Crippen molar-refractivity contribution in [1.29, 1.82) is 0 Å². The summed E-state index contributed by atoms with van der Waals surface area (Å²) >= 11 is 1.24. The van der Waals surface area contributed by atoms with Crippen molar-refractivity contribution < 1.29 is 23.7 Å². The smallest absolute Gasteiger partial charge is 0.271 e. The van der Waals surface area contributed by atoms with Crippen molar-refractivity contribution in [1.82, 2.24) is 4.57 Å². The van der Waals surface area contributed by atoms with E-state index < -0.39 is 6.04 Å². The number of allylic oxidation sites excluding steroid dienone is 1. The molecule has 41 heavy (non-hydrogen) atoms. The van der Waals surface area contributed by atoms with Crippen LogP contribution in [0.5, 0.6) is 23.0 Å². The van der Waals surface area contributed by atoms with Crippen LogP contribution in [0.4, 0.5) is 5.69 Å². The Balaban J connectivity index is 1.69. The molecule has 0 radical (unpaired) electrons. The van der Waals surface area contributed by atoms with Crippen LogP contribution in [0.2, 0.25) is 0 Å². The Hall–Kier alpha value is -4.83. The van der Waals surface area contributed by atoms with Gasteiger partial charge in [-0.3, -0.25) is 14.2 Å². The van der Waals surface area contributed by atoms with Crippen LogP contribution in [0.25, 0.3) is 6.08 Å². The van der Waals surface area contributed by atoms with Gasteiger partial charge in [0.2, 0.25) is 5.75 Å². The number of thiazole rings is 1. The van der Waals surface area contributed by atoms with Crippen molar-refractivity contribution in [2.24, 2.45) is 4.99 Å². The van der Waals surface area contributed by atoms with Gasteiger partial charge in [0.05, 0.1) is 50.3 Å². The van der Waals surface area contributed by atoms with Crippen molar-refractivity contribution >= 4 is 29.0 Å². The van der Waals surface area contributed by atoms with Crippen molar-refractivity contribution in [3.63, 3.8) is 0 Å². The fourth-order valence-corrected chi connectivity index (χ4v) is 5.85.